The number of nitro groups is 1. The van der Waals surface area contributed by atoms with E-state index in [1.807, 2.05) is 18.2 Å². The van der Waals surface area contributed by atoms with Crippen LogP contribution in [-0.4, -0.2) is 48.0 Å². The zero-order valence-corrected chi connectivity index (χ0v) is 16.6. The molecule has 0 atom stereocenters. The van der Waals surface area contributed by atoms with Crippen LogP contribution in [0.2, 0.25) is 0 Å². The van der Waals surface area contributed by atoms with E-state index in [1.54, 1.807) is 4.90 Å². The Balaban J connectivity index is 1.34. The van der Waals surface area contributed by atoms with E-state index < -0.39 is 10.9 Å². The Morgan fingerprint density at radius 1 is 1.00 bits per heavy atom. The maximum Gasteiger partial charge on any atom is 0.344 e. The first-order valence-corrected chi connectivity index (χ1v) is 9.86. The van der Waals surface area contributed by atoms with Gasteiger partial charge in [0.2, 0.25) is 0 Å². The molecule has 1 aliphatic heterocycles. The maximum atomic E-state index is 12.3. The largest absolute Gasteiger partial charge is 0.482 e. The molecule has 0 bridgehead atoms. The number of likely N-dealkylation sites (tertiary alicyclic amines) is 1. The summed E-state index contributed by atoms with van der Waals surface area (Å²) in [5.74, 6) is -0.0176. The Labute approximate surface area is 174 Å². The number of non-ortho nitro benzene ring substituents is 1. The van der Waals surface area contributed by atoms with Crippen LogP contribution < -0.4 is 4.74 Å². The van der Waals surface area contributed by atoms with Crippen molar-refractivity contribution >= 4 is 17.6 Å². The summed E-state index contributed by atoms with van der Waals surface area (Å²) in [4.78, 5) is 35.9. The fraction of sp³-hybridized carbons (Fsp3) is 0.364. The SMILES string of the molecule is O=C(COc1ccc([N+](=O)[O-])cc1)OCC(=O)N1CCC(Cc2ccccc2)CC1. The second-order valence-corrected chi connectivity index (χ2v) is 7.21. The van der Waals surface area contributed by atoms with Crippen molar-refractivity contribution in [1.29, 1.82) is 0 Å². The summed E-state index contributed by atoms with van der Waals surface area (Å²) >= 11 is 0. The Kier molecular flexibility index (Phi) is 7.37. The Morgan fingerprint density at radius 3 is 2.30 bits per heavy atom. The molecule has 1 heterocycles. The molecule has 30 heavy (non-hydrogen) atoms. The molecular formula is C22H24N2O6. The lowest BCUT2D eigenvalue weighted by molar-refractivity contribution is -0.384. The highest BCUT2D eigenvalue weighted by molar-refractivity contribution is 5.81. The summed E-state index contributed by atoms with van der Waals surface area (Å²) in [5, 5.41) is 10.6. The molecular weight excluding hydrogens is 388 g/mol. The van der Waals surface area contributed by atoms with Gasteiger partial charge in [-0.05, 0) is 42.9 Å². The van der Waals surface area contributed by atoms with Crippen molar-refractivity contribution in [2.24, 2.45) is 5.92 Å². The van der Waals surface area contributed by atoms with Gasteiger partial charge in [-0.2, -0.15) is 0 Å². The van der Waals surface area contributed by atoms with E-state index in [1.165, 1.54) is 29.8 Å². The first kappa shape index (κ1) is 21.3. The average Bonchev–Trinajstić information content (AvgIpc) is 2.77. The number of ether oxygens (including phenoxy) is 2. The topological polar surface area (TPSA) is 99.0 Å². The van der Waals surface area contributed by atoms with E-state index in [4.69, 9.17) is 9.47 Å². The first-order valence-electron chi connectivity index (χ1n) is 9.86. The van der Waals surface area contributed by atoms with E-state index >= 15 is 0 Å². The molecule has 1 aliphatic rings. The lowest BCUT2D eigenvalue weighted by atomic mass is 9.90. The Morgan fingerprint density at radius 2 is 1.67 bits per heavy atom. The van der Waals surface area contributed by atoms with Crippen LogP contribution in [-0.2, 0) is 20.7 Å². The molecule has 0 saturated carbocycles. The molecule has 2 aromatic carbocycles. The van der Waals surface area contributed by atoms with Crippen molar-refractivity contribution in [3.63, 3.8) is 0 Å². The van der Waals surface area contributed by atoms with Crippen molar-refractivity contribution in [2.45, 2.75) is 19.3 Å². The van der Waals surface area contributed by atoms with E-state index in [2.05, 4.69) is 12.1 Å². The minimum Gasteiger partial charge on any atom is -0.482 e. The van der Waals surface area contributed by atoms with Gasteiger partial charge in [0.05, 0.1) is 4.92 Å². The van der Waals surface area contributed by atoms with E-state index in [0.717, 1.165) is 19.3 Å². The minimum absolute atomic E-state index is 0.0666. The lowest BCUT2D eigenvalue weighted by Gasteiger charge is -2.32. The van der Waals surface area contributed by atoms with Gasteiger partial charge in [-0.3, -0.25) is 14.9 Å². The number of nitrogens with zero attached hydrogens (tertiary/aromatic N) is 2. The molecule has 1 saturated heterocycles. The van der Waals surface area contributed by atoms with Crippen LogP contribution in [0.25, 0.3) is 0 Å². The quantitative estimate of drug-likeness (QED) is 0.375. The molecule has 8 heteroatoms. The number of esters is 1. The summed E-state index contributed by atoms with van der Waals surface area (Å²) in [6, 6.07) is 15.7. The number of carbonyl (C=O) groups excluding carboxylic acids is 2. The molecule has 0 aromatic heterocycles. The number of amides is 1. The van der Waals surface area contributed by atoms with E-state index in [-0.39, 0.29) is 24.8 Å². The fourth-order valence-electron chi connectivity index (χ4n) is 3.42. The van der Waals surface area contributed by atoms with Crippen molar-refractivity contribution < 1.29 is 24.0 Å². The minimum atomic E-state index is -0.666. The molecule has 8 nitrogen and oxygen atoms in total. The second-order valence-electron chi connectivity index (χ2n) is 7.21. The molecule has 0 N–H and O–H groups in total. The molecule has 3 rings (SSSR count). The van der Waals surface area contributed by atoms with Gasteiger partial charge < -0.3 is 14.4 Å². The highest BCUT2D eigenvalue weighted by atomic mass is 16.6. The van der Waals surface area contributed by atoms with Gasteiger partial charge in [-0.1, -0.05) is 30.3 Å². The smallest absolute Gasteiger partial charge is 0.344 e. The second kappa shape index (κ2) is 10.4. The number of hydrogen-bond acceptors (Lipinski definition) is 6. The predicted molar refractivity (Wildman–Crippen MR) is 109 cm³/mol. The van der Waals surface area contributed by atoms with Gasteiger partial charge in [0, 0.05) is 25.2 Å². The van der Waals surface area contributed by atoms with Crippen molar-refractivity contribution in [3.8, 4) is 5.75 Å². The zero-order valence-electron chi connectivity index (χ0n) is 16.6. The van der Waals surface area contributed by atoms with Gasteiger partial charge in [-0.25, -0.2) is 4.79 Å². The number of carbonyl (C=O) groups is 2. The summed E-state index contributed by atoms with van der Waals surface area (Å²) in [5.41, 5.74) is 1.24. The molecule has 0 spiro atoms. The third kappa shape index (κ3) is 6.30. The van der Waals surface area contributed by atoms with Crippen LogP contribution in [0.5, 0.6) is 5.75 Å². The molecule has 1 amide bonds. The molecule has 0 unspecified atom stereocenters. The highest BCUT2D eigenvalue weighted by Gasteiger charge is 2.23. The standard InChI is InChI=1S/C22H24N2O6/c25-21(23-12-10-18(11-13-23)14-17-4-2-1-3-5-17)15-30-22(26)16-29-20-8-6-19(7-9-20)24(27)28/h1-9,18H,10-16H2. The predicted octanol–water partition coefficient (Wildman–Crippen LogP) is 3.00. The molecule has 0 aliphatic carbocycles. The third-order valence-corrected chi connectivity index (χ3v) is 5.10. The number of benzene rings is 2. The number of hydrogen-bond donors (Lipinski definition) is 0. The summed E-state index contributed by atoms with van der Waals surface area (Å²) in [7, 11) is 0. The van der Waals surface area contributed by atoms with Crippen LogP contribution in [0.4, 0.5) is 5.69 Å². The molecule has 1 fully saturated rings. The number of rotatable bonds is 8. The Bertz CT molecular complexity index is 861. The van der Waals surface area contributed by atoms with Gasteiger partial charge in [0.25, 0.3) is 11.6 Å². The van der Waals surface area contributed by atoms with Gasteiger partial charge in [0.15, 0.2) is 13.2 Å². The number of piperidine rings is 1. The average molecular weight is 412 g/mol. The molecule has 158 valence electrons. The lowest BCUT2D eigenvalue weighted by Crippen LogP contribution is -2.41. The van der Waals surface area contributed by atoms with Crippen LogP contribution in [0.15, 0.2) is 54.6 Å². The van der Waals surface area contributed by atoms with Crippen molar-refractivity contribution in [2.75, 3.05) is 26.3 Å². The molecule has 2 aromatic rings. The van der Waals surface area contributed by atoms with Gasteiger partial charge in [0.1, 0.15) is 5.75 Å². The zero-order chi connectivity index (χ0) is 21.3. The third-order valence-electron chi connectivity index (χ3n) is 5.10. The monoisotopic (exact) mass is 412 g/mol. The van der Waals surface area contributed by atoms with Crippen molar-refractivity contribution in [3.05, 3.63) is 70.3 Å². The first-order chi connectivity index (χ1) is 14.5. The van der Waals surface area contributed by atoms with E-state index in [0.29, 0.717) is 24.8 Å². The molecule has 0 radical (unpaired) electrons. The van der Waals surface area contributed by atoms with Crippen LogP contribution in [0.3, 0.4) is 0 Å². The van der Waals surface area contributed by atoms with E-state index in [9.17, 15) is 19.7 Å². The summed E-state index contributed by atoms with van der Waals surface area (Å²) in [6.45, 7) is 0.635. The van der Waals surface area contributed by atoms with Crippen LogP contribution in [0.1, 0.15) is 18.4 Å². The summed E-state index contributed by atoms with van der Waals surface area (Å²) < 4.78 is 10.2. The van der Waals surface area contributed by atoms with Crippen molar-refractivity contribution in [1.82, 2.24) is 4.90 Å². The highest BCUT2D eigenvalue weighted by Crippen LogP contribution is 2.22. The summed E-state index contributed by atoms with van der Waals surface area (Å²) in [6.07, 6.45) is 2.87. The fourth-order valence-corrected chi connectivity index (χ4v) is 3.42. The van der Waals surface area contributed by atoms with Crippen LogP contribution in [0, 0.1) is 16.0 Å². The normalized spacial score (nSPS) is 14.2. The van der Waals surface area contributed by atoms with Gasteiger partial charge in [-0.15, -0.1) is 0 Å². The van der Waals surface area contributed by atoms with Gasteiger partial charge >= 0.3 is 5.97 Å². The number of nitro benzene ring substituents is 1. The Hall–Kier alpha value is -3.42. The maximum absolute atomic E-state index is 12.3. The van der Waals surface area contributed by atoms with Crippen LogP contribution >= 0.6 is 0 Å².